The molecule has 1 aromatic heterocycles. The van der Waals surface area contributed by atoms with Gasteiger partial charge in [0.05, 0.1) is 0 Å². The molecular formula is C24H35IN6O. The van der Waals surface area contributed by atoms with Crippen LogP contribution in [-0.4, -0.2) is 56.0 Å². The summed E-state index contributed by atoms with van der Waals surface area (Å²) in [6, 6.07) is 11.9. The number of hydrogen-bond donors (Lipinski definition) is 2. The molecule has 1 aromatic carbocycles. The summed E-state index contributed by atoms with van der Waals surface area (Å²) in [4.78, 5) is 24.9. The maximum atomic E-state index is 12.0. The lowest BCUT2D eigenvalue weighted by Gasteiger charge is -2.22. The van der Waals surface area contributed by atoms with Gasteiger partial charge in [-0.2, -0.15) is 0 Å². The van der Waals surface area contributed by atoms with Gasteiger partial charge in [-0.3, -0.25) is 9.79 Å². The van der Waals surface area contributed by atoms with Gasteiger partial charge in [0.25, 0.3) is 5.91 Å². The van der Waals surface area contributed by atoms with Crippen LogP contribution >= 0.6 is 24.0 Å². The van der Waals surface area contributed by atoms with Crippen molar-refractivity contribution in [2.24, 2.45) is 4.99 Å². The number of halogens is 1. The van der Waals surface area contributed by atoms with E-state index in [0.717, 1.165) is 30.4 Å². The summed E-state index contributed by atoms with van der Waals surface area (Å²) >= 11 is 0. The van der Waals surface area contributed by atoms with Gasteiger partial charge < -0.3 is 20.4 Å². The van der Waals surface area contributed by atoms with Crippen molar-refractivity contribution in [1.29, 1.82) is 0 Å². The summed E-state index contributed by atoms with van der Waals surface area (Å²) in [5.74, 6) is 1.81. The second-order valence-corrected chi connectivity index (χ2v) is 8.10. The smallest absolute Gasteiger partial charge is 0.253 e. The molecule has 0 unspecified atom stereocenters. The third-order valence-corrected chi connectivity index (χ3v) is 5.49. The highest BCUT2D eigenvalue weighted by Gasteiger charge is 2.11. The number of aromatic nitrogens is 1. The van der Waals surface area contributed by atoms with Gasteiger partial charge in [-0.1, -0.05) is 25.0 Å². The van der Waals surface area contributed by atoms with Crippen molar-refractivity contribution in [3.8, 4) is 0 Å². The number of carbonyl (C=O) groups is 1. The van der Waals surface area contributed by atoms with Gasteiger partial charge in [-0.15, -0.1) is 24.0 Å². The van der Waals surface area contributed by atoms with E-state index in [1.807, 2.05) is 36.5 Å². The van der Waals surface area contributed by atoms with E-state index in [9.17, 15) is 4.79 Å². The monoisotopic (exact) mass is 550 g/mol. The second kappa shape index (κ2) is 13.2. The normalized spacial score (nSPS) is 14.2. The van der Waals surface area contributed by atoms with E-state index >= 15 is 0 Å². The first-order valence-corrected chi connectivity index (χ1v) is 11.0. The molecule has 0 saturated carbocycles. The van der Waals surface area contributed by atoms with Crippen LogP contribution in [0.3, 0.4) is 0 Å². The Hall–Kier alpha value is -2.36. The van der Waals surface area contributed by atoms with Crippen molar-refractivity contribution >= 4 is 41.7 Å². The van der Waals surface area contributed by atoms with Gasteiger partial charge in [0.15, 0.2) is 5.96 Å². The zero-order valence-corrected chi connectivity index (χ0v) is 21.6. The van der Waals surface area contributed by atoms with Crippen LogP contribution in [0.15, 0.2) is 47.6 Å². The fourth-order valence-electron chi connectivity index (χ4n) is 3.66. The highest BCUT2D eigenvalue weighted by molar-refractivity contribution is 14.0. The first-order chi connectivity index (χ1) is 15.1. The standard InChI is InChI=1S/C24H34N6O.HI/c1-25-24(27-17-19-8-10-21(11-9-19)23(31)29(2)3)28-18-20-12-13-26-22(16-20)30-14-6-4-5-7-15-30;/h8-13,16H,4-7,14-15,17-18H2,1-3H3,(H2,25,27,28);1H. The number of pyridine rings is 1. The Labute approximate surface area is 208 Å². The minimum Gasteiger partial charge on any atom is -0.357 e. The highest BCUT2D eigenvalue weighted by Crippen LogP contribution is 2.18. The van der Waals surface area contributed by atoms with Crippen LogP contribution in [0, 0.1) is 0 Å². The van der Waals surface area contributed by atoms with Gasteiger partial charge in [-0.25, -0.2) is 4.98 Å². The summed E-state index contributed by atoms with van der Waals surface area (Å²) in [6.07, 6.45) is 7.00. The molecule has 1 aliphatic heterocycles. The van der Waals surface area contributed by atoms with Crippen molar-refractivity contribution in [2.75, 3.05) is 39.1 Å². The van der Waals surface area contributed by atoms with E-state index in [4.69, 9.17) is 0 Å². The Morgan fingerprint density at radius 2 is 1.62 bits per heavy atom. The molecule has 1 saturated heterocycles. The summed E-state index contributed by atoms with van der Waals surface area (Å²) in [7, 11) is 5.28. The van der Waals surface area contributed by atoms with Crippen LogP contribution in [0.4, 0.5) is 5.82 Å². The molecule has 0 spiro atoms. The van der Waals surface area contributed by atoms with E-state index in [0.29, 0.717) is 18.7 Å². The van der Waals surface area contributed by atoms with Crippen LogP contribution in [0.25, 0.3) is 0 Å². The van der Waals surface area contributed by atoms with Gasteiger partial charge in [0.2, 0.25) is 0 Å². The van der Waals surface area contributed by atoms with Gasteiger partial charge in [0, 0.05) is 59.1 Å². The number of nitrogens with one attached hydrogen (secondary N) is 2. The van der Waals surface area contributed by atoms with Crippen molar-refractivity contribution in [2.45, 2.75) is 38.8 Å². The lowest BCUT2D eigenvalue weighted by atomic mass is 10.1. The molecule has 2 heterocycles. The maximum Gasteiger partial charge on any atom is 0.253 e. The molecule has 1 aliphatic rings. The molecular weight excluding hydrogens is 515 g/mol. The average Bonchev–Trinajstić information content (AvgIpc) is 3.09. The van der Waals surface area contributed by atoms with Crippen molar-refractivity contribution < 1.29 is 4.79 Å². The Kier molecular flexibility index (Phi) is 10.7. The lowest BCUT2D eigenvalue weighted by molar-refractivity contribution is 0.0827. The average molecular weight is 550 g/mol. The van der Waals surface area contributed by atoms with Crippen LogP contribution in [0.2, 0.25) is 0 Å². The maximum absolute atomic E-state index is 12.0. The molecule has 8 heteroatoms. The zero-order chi connectivity index (χ0) is 22.1. The molecule has 3 rings (SSSR count). The minimum absolute atomic E-state index is 0. The first-order valence-electron chi connectivity index (χ1n) is 11.0. The lowest BCUT2D eigenvalue weighted by Crippen LogP contribution is -2.36. The predicted molar refractivity (Wildman–Crippen MR) is 142 cm³/mol. The van der Waals surface area contributed by atoms with Crippen molar-refractivity contribution in [3.63, 3.8) is 0 Å². The molecule has 2 aromatic rings. The molecule has 0 atom stereocenters. The molecule has 1 amide bonds. The Bertz CT molecular complexity index is 876. The third-order valence-electron chi connectivity index (χ3n) is 5.49. The Balaban J connectivity index is 0.00000363. The molecule has 7 nitrogen and oxygen atoms in total. The summed E-state index contributed by atoms with van der Waals surface area (Å²) in [5.41, 5.74) is 2.96. The molecule has 2 N–H and O–H groups in total. The van der Waals surface area contributed by atoms with E-state index in [1.165, 1.54) is 31.2 Å². The fraction of sp³-hybridized carbons (Fsp3) is 0.458. The van der Waals surface area contributed by atoms with Gasteiger partial charge in [-0.05, 0) is 48.2 Å². The van der Waals surface area contributed by atoms with Crippen LogP contribution < -0.4 is 15.5 Å². The molecule has 0 aliphatic carbocycles. The number of rotatable bonds is 6. The van der Waals surface area contributed by atoms with Gasteiger partial charge >= 0.3 is 0 Å². The zero-order valence-electron chi connectivity index (χ0n) is 19.3. The van der Waals surface area contributed by atoms with E-state index < -0.39 is 0 Å². The third kappa shape index (κ3) is 7.65. The SMILES string of the molecule is CN=C(NCc1ccc(C(=O)N(C)C)cc1)NCc1ccnc(N2CCCCCC2)c1.I. The van der Waals surface area contributed by atoms with Gasteiger partial charge in [0.1, 0.15) is 5.82 Å². The highest BCUT2D eigenvalue weighted by atomic mass is 127. The first kappa shape index (κ1) is 25.9. The predicted octanol–water partition coefficient (Wildman–Crippen LogP) is 3.65. The number of aliphatic imine (C=N–C) groups is 1. The molecule has 1 fully saturated rings. The minimum atomic E-state index is 0. The van der Waals surface area contributed by atoms with E-state index in [-0.39, 0.29) is 29.9 Å². The molecule has 32 heavy (non-hydrogen) atoms. The van der Waals surface area contributed by atoms with E-state index in [1.54, 1.807) is 26.0 Å². The van der Waals surface area contributed by atoms with Crippen molar-refractivity contribution in [3.05, 3.63) is 59.3 Å². The number of benzene rings is 1. The fourth-order valence-corrected chi connectivity index (χ4v) is 3.66. The summed E-state index contributed by atoms with van der Waals surface area (Å²) in [6.45, 7) is 3.49. The Morgan fingerprint density at radius 1 is 1.00 bits per heavy atom. The number of nitrogens with zero attached hydrogens (tertiary/aromatic N) is 4. The second-order valence-electron chi connectivity index (χ2n) is 8.10. The number of anilines is 1. The Morgan fingerprint density at radius 3 is 2.22 bits per heavy atom. The number of amides is 1. The summed E-state index contributed by atoms with van der Waals surface area (Å²) in [5, 5.41) is 6.71. The topological polar surface area (TPSA) is 72.9 Å². The number of hydrogen-bond acceptors (Lipinski definition) is 4. The number of carbonyl (C=O) groups excluding carboxylic acids is 1. The van der Waals surface area contributed by atoms with Crippen LogP contribution in [-0.2, 0) is 13.1 Å². The number of guanidine groups is 1. The molecule has 0 radical (unpaired) electrons. The van der Waals surface area contributed by atoms with Crippen molar-refractivity contribution in [1.82, 2.24) is 20.5 Å². The summed E-state index contributed by atoms with van der Waals surface area (Å²) < 4.78 is 0. The van der Waals surface area contributed by atoms with Crippen LogP contribution in [0.5, 0.6) is 0 Å². The van der Waals surface area contributed by atoms with Crippen LogP contribution in [0.1, 0.15) is 47.2 Å². The molecule has 0 bridgehead atoms. The van der Waals surface area contributed by atoms with E-state index in [2.05, 4.69) is 31.6 Å². The molecule has 174 valence electrons. The quantitative estimate of drug-likeness (QED) is 0.327. The largest absolute Gasteiger partial charge is 0.357 e.